The molecule has 0 spiro atoms. The van der Waals surface area contributed by atoms with Crippen LogP contribution in [0, 0.1) is 17.5 Å². The number of carbonyl (C=O) groups is 1. The summed E-state index contributed by atoms with van der Waals surface area (Å²) in [4.78, 5) is 40.2. The number of esters is 1. The van der Waals surface area contributed by atoms with E-state index in [2.05, 4.69) is 9.72 Å². The SMILES string of the molecule is COC(=O)c1scc2[nH]c(=O)n(-c3cc(OCc4c(OCCN)ccc(F)c4F)ccc3F)c(=O)c12. The van der Waals surface area contributed by atoms with Crippen LogP contribution in [-0.2, 0) is 11.3 Å². The lowest BCUT2D eigenvalue weighted by molar-refractivity contribution is 0.0608. The average molecular weight is 521 g/mol. The number of methoxy groups -OCH3 is 1. The van der Waals surface area contributed by atoms with E-state index < -0.39 is 47.0 Å². The lowest BCUT2D eigenvalue weighted by Gasteiger charge is -2.14. The molecule has 9 nitrogen and oxygen atoms in total. The molecular formula is C23H18F3N3O6S. The minimum Gasteiger partial charge on any atom is -0.492 e. The predicted molar refractivity (Wildman–Crippen MR) is 125 cm³/mol. The Morgan fingerprint density at radius 1 is 1.11 bits per heavy atom. The van der Waals surface area contributed by atoms with Crippen LogP contribution in [0.3, 0.4) is 0 Å². The van der Waals surface area contributed by atoms with Gasteiger partial charge in [-0.3, -0.25) is 4.79 Å². The molecule has 0 aliphatic rings. The molecule has 0 bridgehead atoms. The molecule has 0 aliphatic carbocycles. The zero-order chi connectivity index (χ0) is 26.0. The van der Waals surface area contributed by atoms with Crippen molar-refractivity contribution in [1.29, 1.82) is 0 Å². The number of fused-ring (bicyclic) bond motifs is 1. The number of carbonyl (C=O) groups excluding carboxylic acids is 1. The first kappa shape index (κ1) is 25.0. The molecule has 3 N–H and O–H groups in total. The lowest BCUT2D eigenvalue weighted by Crippen LogP contribution is -2.34. The van der Waals surface area contributed by atoms with Crippen molar-refractivity contribution in [1.82, 2.24) is 9.55 Å². The molecular weight excluding hydrogens is 503 g/mol. The van der Waals surface area contributed by atoms with Crippen LogP contribution in [0.5, 0.6) is 11.5 Å². The fourth-order valence-corrected chi connectivity index (χ4v) is 4.33. The Labute approximate surface area is 204 Å². The smallest absolute Gasteiger partial charge is 0.348 e. The van der Waals surface area contributed by atoms with E-state index in [4.69, 9.17) is 15.2 Å². The predicted octanol–water partition coefficient (Wildman–Crippen LogP) is 2.86. The monoisotopic (exact) mass is 521 g/mol. The zero-order valence-electron chi connectivity index (χ0n) is 18.6. The number of halogens is 3. The van der Waals surface area contributed by atoms with Gasteiger partial charge in [0.15, 0.2) is 11.6 Å². The van der Waals surface area contributed by atoms with Gasteiger partial charge in [-0.2, -0.15) is 0 Å². The van der Waals surface area contributed by atoms with Crippen molar-refractivity contribution >= 4 is 28.2 Å². The van der Waals surface area contributed by atoms with Crippen LogP contribution in [0.15, 0.2) is 45.3 Å². The topological polar surface area (TPSA) is 126 Å². The number of ether oxygens (including phenoxy) is 3. The maximum Gasteiger partial charge on any atom is 0.348 e. The Hall–Kier alpha value is -4.10. The molecule has 4 aromatic rings. The molecule has 0 saturated heterocycles. The fourth-order valence-electron chi connectivity index (χ4n) is 3.42. The Balaban J connectivity index is 1.74. The molecule has 2 aromatic heterocycles. The van der Waals surface area contributed by atoms with Crippen molar-refractivity contribution in [3.63, 3.8) is 0 Å². The van der Waals surface area contributed by atoms with Crippen LogP contribution in [0.4, 0.5) is 13.2 Å². The van der Waals surface area contributed by atoms with Gasteiger partial charge in [-0.1, -0.05) is 0 Å². The number of benzene rings is 2. The highest BCUT2D eigenvalue weighted by molar-refractivity contribution is 7.13. The van der Waals surface area contributed by atoms with Gasteiger partial charge in [0.1, 0.15) is 35.4 Å². The van der Waals surface area contributed by atoms with Crippen LogP contribution < -0.4 is 26.5 Å². The fraction of sp³-hybridized carbons (Fsp3) is 0.174. The summed E-state index contributed by atoms with van der Waals surface area (Å²) in [6, 6.07) is 5.26. The summed E-state index contributed by atoms with van der Waals surface area (Å²) in [6.45, 7) is -0.338. The van der Waals surface area contributed by atoms with Gasteiger partial charge < -0.3 is 24.9 Å². The summed E-state index contributed by atoms with van der Waals surface area (Å²) >= 11 is 0.882. The number of H-pyrrole nitrogens is 1. The molecule has 13 heteroatoms. The van der Waals surface area contributed by atoms with E-state index in [1.54, 1.807) is 0 Å². The zero-order valence-corrected chi connectivity index (χ0v) is 19.4. The summed E-state index contributed by atoms with van der Waals surface area (Å²) in [5.74, 6) is -4.13. The highest BCUT2D eigenvalue weighted by Gasteiger charge is 2.22. The van der Waals surface area contributed by atoms with Crippen molar-refractivity contribution in [2.75, 3.05) is 20.3 Å². The molecule has 188 valence electrons. The number of aromatic nitrogens is 2. The first-order valence-corrected chi connectivity index (χ1v) is 11.2. The van der Waals surface area contributed by atoms with E-state index >= 15 is 0 Å². The van der Waals surface area contributed by atoms with Crippen LogP contribution >= 0.6 is 11.3 Å². The number of rotatable bonds is 8. The maximum absolute atomic E-state index is 14.8. The first-order valence-electron chi connectivity index (χ1n) is 10.3. The minimum atomic E-state index is -1.20. The quantitative estimate of drug-likeness (QED) is 0.342. The Bertz CT molecular complexity index is 1580. The van der Waals surface area contributed by atoms with Crippen molar-refractivity contribution in [2.24, 2.45) is 5.73 Å². The summed E-state index contributed by atoms with van der Waals surface area (Å²) in [6.07, 6.45) is 0. The summed E-state index contributed by atoms with van der Waals surface area (Å²) in [7, 11) is 1.13. The van der Waals surface area contributed by atoms with Crippen molar-refractivity contribution in [3.8, 4) is 17.2 Å². The molecule has 0 atom stereocenters. The van der Waals surface area contributed by atoms with Crippen LogP contribution in [0.1, 0.15) is 15.2 Å². The van der Waals surface area contributed by atoms with Gasteiger partial charge in [-0.25, -0.2) is 27.3 Å². The van der Waals surface area contributed by atoms with Gasteiger partial charge in [-0.05, 0) is 24.3 Å². The Morgan fingerprint density at radius 3 is 2.58 bits per heavy atom. The normalized spacial score (nSPS) is 11.0. The second-order valence-electron chi connectivity index (χ2n) is 7.29. The molecule has 2 heterocycles. The number of nitrogens with zero attached hydrogens (tertiary/aromatic N) is 1. The van der Waals surface area contributed by atoms with E-state index in [0.717, 1.165) is 36.6 Å². The summed E-state index contributed by atoms with van der Waals surface area (Å²) in [5, 5.41) is 1.24. The number of aromatic amines is 1. The molecule has 0 amide bonds. The lowest BCUT2D eigenvalue weighted by atomic mass is 10.2. The van der Waals surface area contributed by atoms with Gasteiger partial charge in [0, 0.05) is 18.0 Å². The van der Waals surface area contributed by atoms with Gasteiger partial charge in [0.2, 0.25) is 0 Å². The van der Waals surface area contributed by atoms with Crippen molar-refractivity contribution in [3.05, 3.63) is 84.4 Å². The van der Waals surface area contributed by atoms with Crippen molar-refractivity contribution in [2.45, 2.75) is 6.61 Å². The van der Waals surface area contributed by atoms with Gasteiger partial charge in [-0.15, -0.1) is 11.3 Å². The molecule has 0 aliphatic heterocycles. The van der Waals surface area contributed by atoms with E-state index in [0.29, 0.717) is 4.57 Å². The van der Waals surface area contributed by atoms with E-state index in [1.165, 1.54) is 17.5 Å². The molecule has 2 aromatic carbocycles. The van der Waals surface area contributed by atoms with Gasteiger partial charge in [0.05, 0.1) is 29.3 Å². The maximum atomic E-state index is 14.8. The number of hydrogen-bond donors (Lipinski definition) is 2. The minimum absolute atomic E-state index is 0.00704. The summed E-state index contributed by atoms with van der Waals surface area (Å²) in [5.41, 5.74) is 2.83. The molecule has 0 radical (unpaired) electrons. The highest BCUT2D eigenvalue weighted by atomic mass is 32.1. The standard InChI is InChI=1S/C23H18F3N3O6S/c1-33-22(31)20-18-15(10-36-20)28-23(32)29(21(18)30)16-8-11(2-3-13(16)24)35-9-12-17(34-7-6-27)5-4-14(25)19(12)26/h2-5,8,10H,6-7,9,27H2,1H3,(H,28,32). The average Bonchev–Trinajstić information content (AvgIpc) is 3.29. The second kappa shape index (κ2) is 10.3. The van der Waals surface area contributed by atoms with Gasteiger partial charge >= 0.3 is 11.7 Å². The third-order valence-electron chi connectivity index (χ3n) is 5.09. The largest absolute Gasteiger partial charge is 0.492 e. The van der Waals surface area contributed by atoms with Crippen LogP contribution in [0.2, 0.25) is 0 Å². The molecule has 4 rings (SSSR count). The summed E-state index contributed by atoms with van der Waals surface area (Å²) < 4.78 is 58.9. The number of hydrogen-bond acceptors (Lipinski definition) is 8. The van der Waals surface area contributed by atoms with E-state index in [-0.39, 0.29) is 46.0 Å². The molecule has 0 fully saturated rings. The van der Waals surface area contributed by atoms with E-state index in [1.807, 2.05) is 0 Å². The van der Waals surface area contributed by atoms with Crippen LogP contribution in [-0.4, -0.2) is 35.8 Å². The third-order valence-corrected chi connectivity index (χ3v) is 6.05. The molecule has 36 heavy (non-hydrogen) atoms. The number of nitrogens with two attached hydrogens (primary N) is 1. The Morgan fingerprint density at radius 2 is 1.86 bits per heavy atom. The number of nitrogens with one attached hydrogen (secondary N) is 1. The number of thiophene rings is 1. The van der Waals surface area contributed by atoms with Crippen molar-refractivity contribution < 1.29 is 32.2 Å². The van der Waals surface area contributed by atoms with E-state index in [9.17, 15) is 27.6 Å². The molecule has 0 unspecified atom stereocenters. The second-order valence-corrected chi connectivity index (χ2v) is 8.17. The Kier molecular flexibility index (Phi) is 7.12. The first-order chi connectivity index (χ1) is 17.3. The third kappa shape index (κ3) is 4.57. The molecule has 0 saturated carbocycles. The highest BCUT2D eigenvalue weighted by Crippen LogP contribution is 2.27. The van der Waals surface area contributed by atoms with Crippen LogP contribution in [0.25, 0.3) is 16.6 Å². The van der Waals surface area contributed by atoms with Gasteiger partial charge in [0.25, 0.3) is 5.56 Å².